The van der Waals surface area contributed by atoms with Crippen molar-refractivity contribution < 1.29 is 14.0 Å². The summed E-state index contributed by atoms with van der Waals surface area (Å²) in [6.45, 7) is 0.401. The van der Waals surface area contributed by atoms with Crippen molar-refractivity contribution in [3.63, 3.8) is 0 Å². The number of nitrogens with one attached hydrogen (secondary N) is 2. The van der Waals surface area contributed by atoms with Crippen LogP contribution in [0.25, 0.3) is 10.8 Å². The fraction of sp³-hybridized carbons (Fsp3) is 0.0435. The molecule has 0 aliphatic rings. The third-order valence-corrected chi connectivity index (χ3v) is 4.42. The normalized spacial score (nSPS) is 10.6. The van der Waals surface area contributed by atoms with Crippen LogP contribution in [0.15, 0.2) is 89.5 Å². The molecule has 0 radical (unpaired) electrons. The smallest absolute Gasteiger partial charge is 0.291 e. The van der Waals surface area contributed by atoms with Gasteiger partial charge in [0.1, 0.15) is 0 Å². The van der Waals surface area contributed by atoms with Gasteiger partial charge in [-0.1, -0.05) is 42.5 Å². The minimum atomic E-state index is -0.303. The van der Waals surface area contributed by atoms with Crippen LogP contribution in [0.4, 0.5) is 5.69 Å². The van der Waals surface area contributed by atoms with Crippen molar-refractivity contribution in [1.29, 1.82) is 0 Å². The average Bonchev–Trinajstić information content (AvgIpc) is 3.28. The fourth-order valence-electron chi connectivity index (χ4n) is 2.92. The molecule has 0 spiro atoms. The summed E-state index contributed by atoms with van der Waals surface area (Å²) in [5, 5.41) is 7.82. The number of anilines is 1. The molecule has 0 aliphatic carbocycles. The summed E-state index contributed by atoms with van der Waals surface area (Å²) >= 11 is 0. The number of hydrogen-bond acceptors (Lipinski definition) is 3. The molecule has 0 saturated carbocycles. The van der Waals surface area contributed by atoms with E-state index in [2.05, 4.69) is 10.6 Å². The highest BCUT2D eigenvalue weighted by Crippen LogP contribution is 2.16. The molecular formula is C23H18N2O3. The maximum Gasteiger partial charge on any atom is 0.291 e. The van der Waals surface area contributed by atoms with Crippen molar-refractivity contribution in [3.05, 3.63) is 102 Å². The lowest BCUT2D eigenvalue weighted by molar-refractivity contribution is 0.0950. The van der Waals surface area contributed by atoms with Gasteiger partial charge >= 0.3 is 0 Å². The standard InChI is InChI=1S/C23H18N2O3/c26-22(19-10-9-17-4-1-2-5-18(17)14-19)24-15-16-7-11-20(12-8-16)25-23(27)21-6-3-13-28-21/h1-14H,15H2,(H,24,26)(H,25,27). The highest BCUT2D eigenvalue weighted by Gasteiger charge is 2.09. The highest BCUT2D eigenvalue weighted by atomic mass is 16.3. The number of benzene rings is 3. The molecule has 5 nitrogen and oxygen atoms in total. The lowest BCUT2D eigenvalue weighted by atomic mass is 10.1. The Hall–Kier alpha value is -3.86. The van der Waals surface area contributed by atoms with E-state index in [4.69, 9.17) is 4.42 Å². The van der Waals surface area contributed by atoms with E-state index in [0.717, 1.165) is 16.3 Å². The molecule has 0 atom stereocenters. The first-order valence-electron chi connectivity index (χ1n) is 8.90. The van der Waals surface area contributed by atoms with Crippen molar-refractivity contribution in [2.24, 2.45) is 0 Å². The van der Waals surface area contributed by atoms with Gasteiger partial charge in [0.15, 0.2) is 5.76 Å². The van der Waals surface area contributed by atoms with Gasteiger partial charge < -0.3 is 15.1 Å². The van der Waals surface area contributed by atoms with E-state index in [9.17, 15) is 9.59 Å². The number of furan rings is 1. The van der Waals surface area contributed by atoms with Crippen LogP contribution in [0.2, 0.25) is 0 Å². The summed E-state index contributed by atoms with van der Waals surface area (Å²) in [6.07, 6.45) is 1.45. The molecule has 0 bridgehead atoms. The molecule has 0 saturated heterocycles. The first-order valence-corrected chi connectivity index (χ1v) is 8.90. The minimum Gasteiger partial charge on any atom is -0.459 e. The topological polar surface area (TPSA) is 71.3 Å². The molecular weight excluding hydrogens is 352 g/mol. The van der Waals surface area contributed by atoms with Gasteiger partial charge in [-0.2, -0.15) is 0 Å². The molecule has 138 valence electrons. The second-order valence-corrected chi connectivity index (χ2v) is 6.37. The Morgan fingerprint density at radius 2 is 1.57 bits per heavy atom. The number of carbonyl (C=O) groups is 2. The first kappa shape index (κ1) is 17.5. The summed E-state index contributed by atoms with van der Waals surface area (Å²) in [6, 6.07) is 24.2. The number of carbonyl (C=O) groups excluding carboxylic acids is 2. The van der Waals surface area contributed by atoms with Crippen LogP contribution in [-0.2, 0) is 6.54 Å². The number of rotatable bonds is 5. The zero-order valence-corrected chi connectivity index (χ0v) is 15.0. The summed E-state index contributed by atoms with van der Waals surface area (Å²) in [5.74, 6) is -0.171. The average molecular weight is 370 g/mol. The Morgan fingerprint density at radius 3 is 2.32 bits per heavy atom. The number of hydrogen-bond donors (Lipinski definition) is 2. The van der Waals surface area contributed by atoms with Crippen LogP contribution < -0.4 is 10.6 Å². The molecule has 28 heavy (non-hydrogen) atoms. The third-order valence-electron chi connectivity index (χ3n) is 4.42. The molecule has 2 amide bonds. The fourth-order valence-corrected chi connectivity index (χ4v) is 2.92. The van der Waals surface area contributed by atoms with E-state index < -0.39 is 0 Å². The summed E-state index contributed by atoms with van der Waals surface area (Å²) in [4.78, 5) is 24.4. The Labute approximate surface area is 162 Å². The Bertz CT molecular complexity index is 1120. The molecule has 0 aliphatic heterocycles. The number of fused-ring (bicyclic) bond motifs is 1. The van der Waals surface area contributed by atoms with Crippen molar-refractivity contribution in [2.45, 2.75) is 6.54 Å². The minimum absolute atomic E-state index is 0.124. The lowest BCUT2D eigenvalue weighted by Crippen LogP contribution is -2.22. The molecule has 4 rings (SSSR count). The van der Waals surface area contributed by atoms with E-state index in [-0.39, 0.29) is 17.6 Å². The van der Waals surface area contributed by atoms with Crippen LogP contribution in [0.5, 0.6) is 0 Å². The second-order valence-electron chi connectivity index (χ2n) is 6.37. The molecule has 2 N–H and O–H groups in total. The van der Waals surface area contributed by atoms with E-state index in [0.29, 0.717) is 17.8 Å². The molecule has 1 aromatic heterocycles. The van der Waals surface area contributed by atoms with Gasteiger partial charge in [0.25, 0.3) is 11.8 Å². The molecule has 4 aromatic rings. The van der Waals surface area contributed by atoms with Gasteiger partial charge in [0.05, 0.1) is 6.26 Å². The molecule has 0 fully saturated rings. The summed E-state index contributed by atoms with van der Waals surface area (Å²) in [7, 11) is 0. The molecule has 1 heterocycles. The van der Waals surface area contributed by atoms with Crippen LogP contribution >= 0.6 is 0 Å². The highest BCUT2D eigenvalue weighted by molar-refractivity contribution is 6.02. The van der Waals surface area contributed by atoms with Crippen LogP contribution in [0.3, 0.4) is 0 Å². The first-order chi connectivity index (χ1) is 13.7. The van der Waals surface area contributed by atoms with E-state index in [1.54, 1.807) is 24.3 Å². The van der Waals surface area contributed by atoms with Gasteiger partial charge in [-0.15, -0.1) is 0 Å². The van der Waals surface area contributed by atoms with Gasteiger partial charge in [-0.3, -0.25) is 9.59 Å². The lowest BCUT2D eigenvalue weighted by Gasteiger charge is -2.08. The SMILES string of the molecule is O=C(NCc1ccc(NC(=O)c2ccco2)cc1)c1ccc2ccccc2c1. The molecule has 3 aromatic carbocycles. The van der Waals surface area contributed by atoms with Gasteiger partial charge in [0, 0.05) is 17.8 Å². The third kappa shape index (κ3) is 3.94. The maximum atomic E-state index is 12.4. The molecule has 0 unspecified atom stereocenters. The van der Waals surface area contributed by atoms with Crippen molar-refractivity contribution >= 4 is 28.3 Å². The second kappa shape index (κ2) is 7.80. The quantitative estimate of drug-likeness (QED) is 0.539. The predicted octanol–water partition coefficient (Wildman–Crippen LogP) is 4.62. The number of amides is 2. The van der Waals surface area contributed by atoms with E-state index >= 15 is 0 Å². The monoisotopic (exact) mass is 370 g/mol. The zero-order chi connectivity index (χ0) is 19.3. The summed E-state index contributed by atoms with van der Waals surface area (Å²) < 4.78 is 5.07. The Kier molecular flexibility index (Phi) is 4.89. The van der Waals surface area contributed by atoms with Gasteiger partial charge in [0.2, 0.25) is 0 Å². The van der Waals surface area contributed by atoms with Crippen LogP contribution in [0, 0.1) is 0 Å². The largest absolute Gasteiger partial charge is 0.459 e. The molecule has 5 heteroatoms. The summed E-state index contributed by atoms with van der Waals surface area (Å²) in [5.41, 5.74) is 2.22. The van der Waals surface area contributed by atoms with Crippen LogP contribution in [-0.4, -0.2) is 11.8 Å². The maximum absolute atomic E-state index is 12.4. The van der Waals surface area contributed by atoms with Crippen LogP contribution in [0.1, 0.15) is 26.5 Å². The van der Waals surface area contributed by atoms with Gasteiger partial charge in [-0.25, -0.2) is 0 Å². The van der Waals surface area contributed by atoms with Crippen molar-refractivity contribution in [2.75, 3.05) is 5.32 Å². The van der Waals surface area contributed by atoms with E-state index in [1.165, 1.54) is 6.26 Å². The van der Waals surface area contributed by atoms with Crippen molar-refractivity contribution in [1.82, 2.24) is 5.32 Å². The predicted molar refractivity (Wildman–Crippen MR) is 108 cm³/mol. The van der Waals surface area contributed by atoms with Crippen molar-refractivity contribution in [3.8, 4) is 0 Å². The Morgan fingerprint density at radius 1 is 0.786 bits per heavy atom. The Balaban J connectivity index is 1.36. The zero-order valence-electron chi connectivity index (χ0n) is 15.0. The van der Waals surface area contributed by atoms with Gasteiger partial charge in [-0.05, 0) is 52.7 Å². The van der Waals surface area contributed by atoms with E-state index in [1.807, 2.05) is 54.6 Å².